The minimum Gasteiger partial charge on any atom is -0.423 e. The van der Waals surface area contributed by atoms with Crippen LogP contribution in [0.4, 0.5) is 0 Å². The highest BCUT2D eigenvalue weighted by Crippen LogP contribution is 2.38. The molecule has 0 spiro atoms. The highest BCUT2D eigenvalue weighted by Gasteiger charge is 2.22. The molecule has 0 saturated heterocycles. The molecule has 128 valence electrons. The second-order valence-corrected chi connectivity index (χ2v) is 6.19. The topological polar surface area (TPSA) is 40.5 Å². The Labute approximate surface area is 168 Å². The van der Waals surface area contributed by atoms with Gasteiger partial charge in [-0.2, -0.15) is 0 Å². The minimum absolute atomic E-state index is 0.0482. The summed E-state index contributed by atoms with van der Waals surface area (Å²) in [6, 6.07) is 8.44. The third-order valence-electron chi connectivity index (χ3n) is 4.73. The van der Waals surface area contributed by atoms with Crippen LogP contribution in [0.5, 0.6) is 0 Å². The predicted octanol–water partition coefficient (Wildman–Crippen LogP) is 4.49. The Morgan fingerprint density at radius 3 is 1.81 bits per heavy atom. The first-order valence-electron chi connectivity index (χ1n) is 12.4. The minimum atomic E-state index is -2.26. The maximum Gasteiger partial charge on any atom is 0.489 e. The molecule has 5 aromatic carbocycles. The summed E-state index contributed by atoms with van der Waals surface area (Å²) in [6.45, 7) is 0. The van der Waals surface area contributed by atoms with E-state index in [1.165, 1.54) is 0 Å². The highest BCUT2D eigenvalue weighted by molar-refractivity contribution is 6.66. The number of rotatable bonds is 2. The molecule has 2 nitrogen and oxygen atoms in total. The Hall–Kier alpha value is -3.14. The van der Waals surface area contributed by atoms with Crippen LogP contribution in [0.25, 0.3) is 43.4 Å². The van der Waals surface area contributed by atoms with Crippen molar-refractivity contribution in [2.24, 2.45) is 0 Å². The van der Waals surface area contributed by atoms with Crippen LogP contribution in [0.15, 0.2) is 90.8 Å². The molecule has 0 aliphatic rings. The standard InChI is InChI=1S/C24H17BO2/c26-25(27)24-21-13-5-3-11-19(21)23(20-12-4-6-14-22(20)24)18-15-7-9-16-8-1-2-10-17(16)18/h1-15,26-27H/i3D,4D,5D,6D,11D,12D,13D,14D. The average Bonchev–Trinajstić information content (AvgIpc) is 2.86. The van der Waals surface area contributed by atoms with Crippen molar-refractivity contribution in [3.05, 3.63) is 90.8 Å². The zero-order valence-electron chi connectivity index (χ0n) is 22.0. The van der Waals surface area contributed by atoms with E-state index >= 15 is 0 Å². The Balaban J connectivity index is 2.26. The summed E-state index contributed by atoms with van der Waals surface area (Å²) in [5.74, 6) is 0. The van der Waals surface area contributed by atoms with E-state index in [-0.39, 0.29) is 27.1 Å². The zero-order chi connectivity index (χ0) is 25.3. The summed E-state index contributed by atoms with van der Waals surface area (Å²) >= 11 is 0. The van der Waals surface area contributed by atoms with Gasteiger partial charge in [0.25, 0.3) is 0 Å². The predicted molar refractivity (Wildman–Crippen MR) is 114 cm³/mol. The van der Waals surface area contributed by atoms with Gasteiger partial charge < -0.3 is 10.0 Å². The first kappa shape index (κ1) is 9.70. The van der Waals surface area contributed by atoms with Gasteiger partial charge >= 0.3 is 7.12 Å². The fraction of sp³-hybridized carbons (Fsp3) is 0. The maximum absolute atomic E-state index is 10.4. The molecule has 3 heteroatoms. The molecule has 5 aromatic rings. The van der Waals surface area contributed by atoms with Crippen molar-refractivity contribution < 1.29 is 21.0 Å². The lowest BCUT2D eigenvalue weighted by Gasteiger charge is -2.18. The monoisotopic (exact) mass is 356 g/mol. The van der Waals surface area contributed by atoms with Gasteiger partial charge in [0.05, 0.1) is 11.0 Å². The van der Waals surface area contributed by atoms with E-state index < -0.39 is 60.9 Å². The third-order valence-corrected chi connectivity index (χ3v) is 4.73. The molecule has 0 aromatic heterocycles. The number of benzene rings is 5. The average molecular weight is 356 g/mol. The largest absolute Gasteiger partial charge is 0.489 e. The van der Waals surface area contributed by atoms with Crippen molar-refractivity contribution in [2.75, 3.05) is 0 Å². The van der Waals surface area contributed by atoms with Gasteiger partial charge in [-0.25, -0.2) is 0 Å². The van der Waals surface area contributed by atoms with Crippen LogP contribution in [-0.2, 0) is 0 Å². The molecule has 0 aliphatic carbocycles. The molecule has 0 bridgehead atoms. The Morgan fingerprint density at radius 2 is 1.19 bits per heavy atom. The van der Waals surface area contributed by atoms with Crippen molar-refractivity contribution >= 4 is 44.9 Å². The van der Waals surface area contributed by atoms with Gasteiger partial charge in [0, 0.05) is 0 Å². The molecular formula is C24H17BO2. The lowest BCUT2D eigenvalue weighted by atomic mass is 9.72. The van der Waals surface area contributed by atoms with Crippen LogP contribution >= 0.6 is 0 Å². The lowest BCUT2D eigenvalue weighted by Crippen LogP contribution is -2.31. The summed E-state index contributed by atoms with van der Waals surface area (Å²) < 4.78 is 67.5. The molecule has 5 rings (SSSR count). The van der Waals surface area contributed by atoms with Crippen LogP contribution < -0.4 is 5.46 Å². The van der Waals surface area contributed by atoms with Crippen molar-refractivity contribution in [1.29, 1.82) is 0 Å². The Kier molecular flexibility index (Phi) is 2.24. The number of hydrogen-bond acceptors (Lipinski definition) is 2. The van der Waals surface area contributed by atoms with E-state index in [0.717, 1.165) is 5.39 Å². The van der Waals surface area contributed by atoms with E-state index in [2.05, 4.69) is 0 Å². The molecule has 2 N–H and O–H groups in total. The summed E-state index contributed by atoms with van der Waals surface area (Å²) in [5, 5.41) is 21.7. The number of hydrogen-bond donors (Lipinski definition) is 2. The zero-order valence-corrected chi connectivity index (χ0v) is 14.0. The van der Waals surface area contributed by atoms with Gasteiger partial charge in [0.15, 0.2) is 0 Å². The fourth-order valence-electron chi connectivity index (χ4n) is 3.62. The molecule has 0 radical (unpaired) electrons. The second-order valence-electron chi connectivity index (χ2n) is 6.19. The normalized spacial score (nSPS) is 15.5. The summed E-state index contributed by atoms with van der Waals surface area (Å²) in [7, 11) is -2.26. The van der Waals surface area contributed by atoms with Crippen molar-refractivity contribution in [2.45, 2.75) is 0 Å². The van der Waals surface area contributed by atoms with Gasteiger partial charge in [-0.05, 0) is 48.9 Å². The van der Waals surface area contributed by atoms with Crippen molar-refractivity contribution in [3.8, 4) is 11.1 Å². The van der Waals surface area contributed by atoms with Crippen molar-refractivity contribution in [3.63, 3.8) is 0 Å². The molecule has 0 amide bonds. The summed E-state index contributed by atoms with van der Waals surface area (Å²) in [5.41, 5.74) is 0.278. The van der Waals surface area contributed by atoms with Crippen LogP contribution in [0.1, 0.15) is 11.0 Å². The van der Waals surface area contributed by atoms with E-state index in [1.807, 2.05) is 24.3 Å². The van der Waals surface area contributed by atoms with Gasteiger partial charge in [-0.15, -0.1) is 0 Å². The van der Waals surface area contributed by atoms with Crippen molar-refractivity contribution in [1.82, 2.24) is 0 Å². The SMILES string of the molecule is [2H]c1c([2H])c([2H])c2c(-c3cccc4ccccc34)c3c([2H])c([2H])c([2H])c([2H])c3c(B(O)O)c2c1[2H]. The first-order valence-corrected chi connectivity index (χ1v) is 8.38. The van der Waals surface area contributed by atoms with E-state index in [0.29, 0.717) is 10.9 Å². The van der Waals surface area contributed by atoms with Gasteiger partial charge in [0.1, 0.15) is 0 Å². The molecular weight excluding hydrogens is 331 g/mol. The van der Waals surface area contributed by atoms with E-state index in [4.69, 9.17) is 11.0 Å². The Bertz CT molecular complexity index is 1630. The third kappa shape index (κ3) is 2.44. The fourth-order valence-corrected chi connectivity index (χ4v) is 3.62. The molecule has 0 atom stereocenters. The van der Waals surface area contributed by atoms with Crippen LogP contribution in [0, 0.1) is 0 Å². The molecule has 0 fully saturated rings. The highest BCUT2D eigenvalue weighted by atomic mass is 16.4. The summed E-state index contributed by atoms with van der Waals surface area (Å²) in [4.78, 5) is 0. The molecule has 27 heavy (non-hydrogen) atoms. The quantitative estimate of drug-likeness (QED) is 0.361. The van der Waals surface area contributed by atoms with Crippen LogP contribution in [-0.4, -0.2) is 17.2 Å². The molecule has 0 unspecified atom stereocenters. The van der Waals surface area contributed by atoms with Gasteiger partial charge in [-0.3, -0.25) is 0 Å². The van der Waals surface area contributed by atoms with E-state index in [9.17, 15) is 10.0 Å². The lowest BCUT2D eigenvalue weighted by molar-refractivity contribution is 0.426. The number of fused-ring (bicyclic) bond motifs is 3. The maximum atomic E-state index is 10.4. The second kappa shape index (κ2) is 6.24. The summed E-state index contributed by atoms with van der Waals surface area (Å²) in [6.07, 6.45) is 0. The molecule has 0 heterocycles. The smallest absolute Gasteiger partial charge is 0.423 e. The molecule has 0 saturated carbocycles. The van der Waals surface area contributed by atoms with E-state index in [1.54, 1.807) is 18.2 Å². The van der Waals surface area contributed by atoms with Gasteiger partial charge in [-0.1, -0.05) is 90.8 Å². The first-order chi connectivity index (χ1) is 16.6. The molecule has 0 aliphatic heterocycles. The van der Waals surface area contributed by atoms with Crippen LogP contribution in [0.2, 0.25) is 0 Å². The Morgan fingerprint density at radius 1 is 0.630 bits per heavy atom. The van der Waals surface area contributed by atoms with Gasteiger partial charge in [0.2, 0.25) is 0 Å². The van der Waals surface area contributed by atoms with Crippen LogP contribution in [0.3, 0.4) is 0 Å².